The van der Waals surface area contributed by atoms with Crippen LogP contribution in [0.25, 0.3) is 0 Å². The van der Waals surface area contributed by atoms with E-state index in [1.54, 1.807) is 11.8 Å². The fourth-order valence-electron chi connectivity index (χ4n) is 1.73. The summed E-state index contributed by atoms with van der Waals surface area (Å²) in [5.41, 5.74) is 2.31. The highest BCUT2D eigenvalue weighted by Crippen LogP contribution is 2.30. The lowest BCUT2D eigenvalue weighted by Gasteiger charge is -2.05. The Morgan fingerprint density at radius 2 is 2.18 bits per heavy atom. The van der Waals surface area contributed by atoms with Gasteiger partial charge in [-0.1, -0.05) is 0 Å². The van der Waals surface area contributed by atoms with Crippen molar-refractivity contribution in [1.82, 2.24) is 24.6 Å². The van der Waals surface area contributed by atoms with Gasteiger partial charge in [-0.25, -0.2) is 4.98 Å². The summed E-state index contributed by atoms with van der Waals surface area (Å²) in [4.78, 5) is 4.33. The Bertz CT molecular complexity index is 514. The number of hydrogen-bond donors (Lipinski definition) is 1. The molecule has 0 unspecified atom stereocenters. The van der Waals surface area contributed by atoms with Crippen molar-refractivity contribution < 1.29 is 0 Å². The first-order chi connectivity index (χ1) is 8.13. The number of aryl methyl sites for hydroxylation is 3. The third-order valence-electron chi connectivity index (χ3n) is 2.61. The van der Waals surface area contributed by atoms with Gasteiger partial charge >= 0.3 is 0 Å². The van der Waals surface area contributed by atoms with E-state index < -0.39 is 0 Å². The van der Waals surface area contributed by atoms with Crippen molar-refractivity contribution >= 4 is 11.8 Å². The summed E-state index contributed by atoms with van der Waals surface area (Å²) in [7, 11) is 5.91. The summed E-state index contributed by atoms with van der Waals surface area (Å²) in [6.45, 7) is 2.86. The number of nitrogens with one attached hydrogen (secondary N) is 1. The molecular weight excluding hydrogens is 234 g/mol. The Morgan fingerprint density at radius 1 is 1.41 bits per heavy atom. The fraction of sp³-hybridized carbons (Fsp3) is 0.455. The molecule has 92 valence electrons. The maximum absolute atomic E-state index is 4.46. The summed E-state index contributed by atoms with van der Waals surface area (Å²) in [5.74, 6) is 0. The molecule has 0 fully saturated rings. The maximum atomic E-state index is 4.46. The molecule has 5 nitrogen and oxygen atoms in total. The van der Waals surface area contributed by atoms with Gasteiger partial charge in [-0.2, -0.15) is 5.10 Å². The summed E-state index contributed by atoms with van der Waals surface area (Å²) < 4.78 is 3.93. The van der Waals surface area contributed by atoms with Crippen LogP contribution in [0, 0.1) is 6.92 Å². The zero-order valence-corrected chi connectivity index (χ0v) is 11.4. The van der Waals surface area contributed by atoms with Crippen LogP contribution in [0.3, 0.4) is 0 Å². The third-order valence-corrected chi connectivity index (χ3v) is 3.89. The zero-order valence-electron chi connectivity index (χ0n) is 10.6. The number of imidazole rings is 1. The zero-order chi connectivity index (χ0) is 12.4. The molecule has 2 rings (SSSR count). The van der Waals surface area contributed by atoms with Gasteiger partial charge in [0, 0.05) is 38.6 Å². The molecule has 0 atom stereocenters. The molecule has 1 N–H and O–H groups in total. The number of aromatic nitrogens is 4. The Labute approximate surface area is 105 Å². The van der Waals surface area contributed by atoms with Gasteiger partial charge in [-0.3, -0.25) is 4.68 Å². The van der Waals surface area contributed by atoms with Gasteiger partial charge in [0.1, 0.15) is 5.03 Å². The fourth-order valence-corrected chi connectivity index (χ4v) is 2.73. The van der Waals surface area contributed by atoms with E-state index in [0.29, 0.717) is 0 Å². The minimum Gasteiger partial charge on any atom is -0.329 e. The highest BCUT2D eigenvalue weighted by atomic mass is 32.2. The van der Waals surface area contributed by atoms with E-state index in [1.165, 1.54) is 5.56 Å². The van der Waals surface area contributed by atoms with Gasteiger partial charge in [-0.15, -0.1) is 0 Å². The van der Waals surface area contributed by atoms with Crippen LogP contribution in [0.2, 0.25) is 0 Å². The molecule has 0 amide bonds. The normalized spacial score (nSPS) is 11.1. The van der Waals surface area contributed by atoms with Crippen molar-refractivity contribution in [3.63, 3.8) is 0 Å². The van der Waals surface area contributed by atoms with Crippen LogP contribution in [0.4, 0.5) is 0 Å². The standard InChI is InChI=1S/C11H17N5S/c1-8-9(7-12-2)10(16(4)14-8)17-11-13-5-6-15(11)3/h5-6,12H,7H2,1-4H3. The van der Waals surface area contributed by atoms with Crippen LogP contribution >= 0.6 is 11.8 Å². The summed E-state index contributed by atoms with van der Waals surface area (Å²) >= 11 is 1.65. The number of nitrogens with zero attached hydrogens (tertiary/aromatic N) is 4. The molecular formula is C11H17N5S. The van der Waals surface area contributed by atoms with E-state index in [2.05, 4.69) is 15.4 Å². The van der Waals surface area contributed by atoms with Crippen molar-refractivity contribution in [3.05, 3.63) is 23.7 Å². The molecule has 0 aliphatic rings. The van der Waals surface area contributed by atoms with E-state index in [4.69, 9.17) is 0 Å². The molecule has 6 heteroatoms. The Hall–Kier alpha value is -1.27. The molecule has 0 spiro atoms. The quantitative estimate of drug-likeness (QED) is 0.890. The van der Waals surface area contributed by atoms with E-state index in [1.807, 2.05) is 49.7 Å². The molecule has 2 aromatic rings. The van der Waals surface area contributed by atoms with Gasteiger partial charge in [0.2, 0.25) is 0 Å². The van der Waals surface area contributed by atoms with Gasteiger partial charge in [0.25, 0.3) is 0 Å². The number of rotatable bonds is 4. The molecule has 0 aliphatic heterocycles. The van der Waals surface area contributed by atoms with Crippen molar-refractivity contribution in [1.29, 1.82) is 0 Å². The topological polar surface area (TPSA) is 47.7 Å². The van der Waals surface area contributed by atoms with E-state index in [9.17, 15) is 0 Å². The van der Waals surface area contributed by atoms with Crippen LogP contribution in [0.5, 0.6) is 0 Å². The monoisotopic (exact) mass is 251 g/mol. The largest absolute Gasteiger partial charge is 0.329 e. The molecule has 0 aliphatic carbocycles. The molecule has 2 heterocycles. The van der Waals surface area contributed by atoms with Crippen LogP contribution < -0.4 is 5.32 Å². The van der Waals surface area contributed by atoms with Gasteiger partial charge < -0.3 is 9.88 Å². The lowest BCUT2D eigenvalue weighted by Crippen LogP contribution is -2.07. The first kappa shape index (κ1) is 12.2. The first-order valence-corrected chi connectivity index (χ1v) is 6.27. The Balaban J connectivity index is 2.35. The van der Waals surface area contributed by atoms with Crippen molar-refractivity contribution in [3.8, 4) is 0 Å². The summed E-state index contributed by atoms with van der Waals surface area (Å²) in [6, 6.07) is 0. The highest BCUT2D eigenvalue weighted by Gasteiger charge is 2.15. The van der Waals surface area contributed by atoms with Gasteiger partial charge in [-0.05, 0) is 25.7 Å². The van der Waals surface area contributed by atoms with E-state index in [0.717, 1.165) is 22.4 Å². The number of hydrogen-bond acceptors (Lipinski definition) is 4. The van der Waals surface area contributed by atoms with Crippen molar-refractivity contribution in [2.45, 2.75) is 23.7 Å². The van der Waals surface area contributed by atoms with Gasteiger partial charge in [0.05, 0.1) is 5.69 Å². The van der Waals surface area contributed by atoms with Crippen molar-refractivity contribution in [2.24, 2.45) is 14.1 Å². The van der Waals surface area contributed by atoms with E-state index in [-0.39, 0.29) is 0 Å². The second-order valence-corrected chi connectivity index (χ2v) is 4.90. The Kier molecular flexibility index (Phi) is 3.54. The second kappa shape index (κ2) is 4.93. The first-order valence-electron chi connectivity index (χ1n) is 5.45. The molecule has 0 saturated carbocycles. The molecule has 17 heavy (non-hydrogen) atoms. The van der Waals surface area contributed by atoms with E-state index >= 15 is 0 Å². The lowest BCUT2D eigenvalue weighted by molar-refractivity contribution is 0.680. The molecule has 0 saturated heterocycles. The predicted octanol–water partition coefficient (Wildman–Crippen LogP) is 1.33. The van der Waals surface area contributed by atoms with Crippen LogP contribution in [0.1, 0.15) is 11.3 Å². The second-order valence-electron chi connectivity index (χ2n) is 3.95. The SMILES string of the molecule is CNCc1c(C)nn(C)c1Sc1nccn1C. The van der Waals surface area contributed by atoms with Crippen molar-refractivity contribution in [2.75, 3.05) is 7.05 Å². The van der Waals surface area contributed by atoms with Crippen LogP contribution in [-0.4, -0.2) is 26.4 Å². The van der Waals surface area contributed by atoms with Gasteiger partial charge in [0.15, 0.2) is 5.16 Å². The average Bonchev–Trinajstić information content (AvgIpc) is 2.78. The maximum Gasteiger partial charge on any atom is 0.174 e. The summed E-state index contributed by atoms with van der Waals surface area (Å²) in [6.07, 6.45) is 3.76. The molecule has 2 aromatic heterocycles. The lowest BCUT2D eigenvalue weighted by atomic mass is 10.3. The third kappa shape index (κ3) is 2.37. The van der Waals surface area contributed by atoms with Crippen LogP contribution in [-0.2, 0) is 20.6 Å². The average molecular weight is 251 g/mol. The molecule has 0 radical (unpaired) electrons. The minimum atomic E-state index is 0.826. The highest BCUT2D eigenvalue weighted by molar-refractivity contribution is 7.99. The Morgan fingerprint density at radius 3 is 2.76 bits per heavy atom. The summed E-state index contributed by atoms with van der Waals surface area (Å²) in [5, 5.41) is 9.76. The predicted molar refractivity (Wildman–Crippen MR) is 68.0 cm³/mol. The molecule has 0 aromatic carbocycles. The smallest absolute Gasteiger partial charge is 0.174 e. The minimum absolute atomic E-state index is 0.826. The molecule has 0 bridgehead atoms. The van der Waals surface area contributed by atoms with Crippen LogP contribution in [0.15, 0.2) is 22.6 Å².